The third-order valence-corrected chi connectivity index (χ3v) is 4.86. The van der Waals surface area contributed by atoms with Gasteiger partial charge in [-0.2, -0.15) is 0 Å². The number of carbonyl (C=O) groups is 1. The molecule has 1 aliphatic rings. The summed E-state index contributed by atoms with van der Waals surface area (Å²) in [6.45, 7) is 1.34. The average molecular weight is 377 g/mol. The van der Waals surface area contributed by atoms with Crippen molar-refractivity contribution in [2.45, 2.75) is 12.8 Å². The number of nitrogens with one attached hydrogen (secondary N) is 1. The molecule has 1 amide bonds. The van der Waals surface area contributed by atoms with Crippen molar-refractivity contribution in [3.8, 4) is 11.3 Å². The van der Waals surface area contributed by atoms with Gasteiger partial charge >= 0.3 is 0 Å². The Morgan fingerprint density at radius 1 is 1.11 bits per heavy atom. The number of rotatable bonds is 4. The van der Waals surface area contributed by atoms with Crippen LogP contribution in [0.3, 0.4) is 0 Å². The van der Waals surface area contributed by atoms with Crippen molar-refractivity contribution in [3.63, 3.8) is 0 Å². The Morgan fingerprint density at radius 2 is 2.00 bits per heavy atom. The number of anilines is 2. The van der Waals surface area contributed by atoms with E-state index < -0.39 is 5.82 Å². The zero-order valence-corrected chi connectivity index (χ0v) is 15.3. The van der Waals surface area contributed by atoms with Crippen molar-refractivity contribution in [1.82, 2.24) is 15.2 Å². The van der Waals surface area contributed by atoms with Gasteiger partial charge in [-0.1, -0.05) is 12.1 Å². The summed E-state index contributed by atoms with van der Waals surface area (Å²) < 4.78 is 13.8. The molecule has 1 unspecified atom stereocenters. The molecule has 28 heavy (non-hydrogen) atoms. The predicted octanol–water partition coefficient (Wildman–Crippen LogP) is 3.53. The van der Waals surface area contributed by atoms with Gasteiger partial charge in [-0.15, -0.1) is 10.2 Å². The summed E-state index contributed by atoms with van der Waals surface area (Å²) in [5.74, 6) is -0.0979. The summed E-state index contributed by atoms with van der Waals surface area (Å²) >= 11 is 0. The monoisotopic (exact) mass is 377 g/mol. The van der Waals surface area contributed by atoms with E-state index in [2.05, 4.69) is 25.4 Å². The molecule has 0 saturated carbocycles. The number of benzene rings is 1. The molecule has 1 N–H and O–H groups in total. The Hall–Kier alpha value is -3.35. The quantitative estimate of drug-likeness (QED) is 0.753. The van der Waals surface area contributed by atoms with E-state index >= 15 is 0 Å². The summed E-state index contributed by atoms with van der Waals surface area (Å²) in [6.07, 6.45) is 5.08. The molecule has 1 atom stereocenters. The SMILES string of the molecule is O=C(Nc1ccccc1F)C1CCCN(c2ccc(-c3cccnc3)nn2)C1. The first-order valence-electron chi connectivity index (χ1n) is 9.25. The topological polar surface area (TPSA) is 71.0 Å². The molecule has 7 heteroatoms. The van der Waals surface area contributed by atoms with Crippen molar-refractivity contribution in [3.05, 3.63) is 66.7 Å². The maximum Gasteiger partial charge on any atom is 0.229 e. The minimum atomic E-state index is -0.430. The highest BCUT2D eigenvalue weighted by Crippen LogP contribution is 2.24. The molecule has 3 heterocycles. The molecule has 1 aliphatic heterocycles. The van der Waals surface area contributed by atoms with Crippen LogP contribution in [0, 0.1) is 11.7 Å². The van der Waals surface area contributed by atoms with Crippen molar-refractivity contribution in [1.29, 1.82) is 0 Å². The van der Waals surface area contributed by atoms with E-state index in [1.54, 1.807) is 30.6 Å². The van der Waals surface area contributed by atoms with Gasteiger partial charge in [0.05, 0.1) is 17.3 Å². The van der Waals surface area contributed by atoms with Crippen LogP contribution in [-0.2, 0) is 4.79 Å². The van der Waals surface area contributed by atoms with E-state index in [1.807, 2.05) is 24.3 Å². The Morgan fingerprint density at radius 3 is 2.75 bits per heavy atom. The fourth-order valence-corrected chi connectivity index (χ4v) is 3.36. The molecule has 142 valence electrons. The van der Waals surface area contributed by atoms with Crippen LogP contribution in [0.15, 0.2) is 60.9 Å². The molecule has 0 aliphatic carbocycles. The van der Waals surface area contributed by atoms with Crippen LogP contribution in [0.2, 0.25) is 0 Å². The Kier molecular flexibility index (Phi) is 5.23. The molecule has 0 radical (unpaired) electrons. The lowest BCUT2D eigenvalue weighted by Gasteiger charge is -2.32. The zero-order chi connectivity index (χ0) is 19.3. The van der Waals surface area contributed by atoms with Gasteiger partial charge in [0, 0.05) is 31.0 Å². The third kappa shape index (κ3) is 3.98. The summed E-state index contributed by atoms with van der Waals surface area (Å²) in [5.41, 5.74) is 1.87. The van der Waals surface area contributed by atoms with Gasteiger partial charge in [0.15, 0.2) is 5.82 Å². The van der Waals surface area contributed by atoms with E-state index in [0.29, 0.717) is 6.54 Å². The fraction of sp³-hybridized carbons (Fsp3) is 0.238. The van der Waals surface area contributed by atoms with Crippen LogP contribution in [0.4, 0.5) is 15.9 Å². The third-order valence-electron chi connectivity index (χ3n) is 4.86. The van der Waals surface area contributed by atoms with Gasteiger partial charge in [0.2, 0.25) is 5.91 Å². The highest BCUT2D eigenvalue weighted by molar-refractivity contribution is 5.93. The van der Waals surface area contributed by atoms with Crippen molar-refractivity contribution >= 4 is 17.4 Å². The van der Waals surface area contributed by atoms with Crippen molar-refractivity contribution < 1.29 is 9.18 Å². The molecule has 3 aromatic rings. The first kappa shape index (κ1) is 18.0. The molecule has 1 aromatic carbocycles. The normalized spacial score (nSPS) is 16.6. The standard InChI is InChI=1S/C21H20FN5O/c22-17-7-1-2-8-19(17)24-21(28)16-6-4-12-27(14-16)20-10-9-18(25-26-20)15-5-3-11-23-13-15/h1-3,5,7-11,13,16H,4,6,12,14H2,(H,24,28). The number of nitrogens with zero attached hydrogens (tertiary/aromatic N) is 4. The Bertz CT molecular complexity index is 949. The summed E-state index contributed by atoms with van der Waals surface area (Å²) in [4.78, 5) is 18.7. The minimum absolute atomic E-state index is 0.172. The van der Waals surface area contributed by atoms with Crippen LogP contribution < -0.4 is 10.2 Å². The van der Waals surface area contributed by atoms with Gasteiger partial charge in [-0.3, -0.25) is 9.78 Å². The van der Waals surface area contributed by atoms with Gasteiger partial charge in [-0.05, 0) is 49.2 Å². The molecule has 1 saturated heterocycles. The van der Waals surface area contributed by atoms with Crippen LogP contribution in [0.1, 0.15) is 12.8 Å². The van der Waals surface area contributed by atoms with Crippen LogP contribution in [-0.4, -0.2) is 34.2 Å². The van der Waals surface area contributed by atoms with Gasteiger partial charge < -0.3 is 10.2 Å². The van der Waals surface area contributed by atoms with E-state index in [9.17, 15) is 9.18 Å². The maximum atomic E-state index is 13.8. The number of pyridine rings is 1. The molecule has 0 spiro atoms. The highest BCUT2D eigenvalue weighted by Gasteiger charge is 2.27. The molecular formula is C21H20FN5O. The molecular weight excluding hydrogens is 357 g/mol. The van der Waals surface area contributed by atoms with Crippen molar-refractivity contribution in [2.24, 2.45) is 5.92 Å². The number of carbonyl (C=O) groups excluding carboxylic acids is 1. The zero-order valence-electron chi connectivity index (χ0n) is 15.3. The lowest BCUT2D eigenvalue weighted by molar-refractivity contribution is -0.120. The molecule has 0 bridgehead atoms. The number of amides is 1. The Labute approximate surface area is 162 Å². The average Bonchev–Trinajstić information content (AvgIpc) is 2.76. The summed E-state index contributed by atoms with van der Waals surface area (Å²) in [5, 5.41) is 11.3. The number of hydrogen-bond donors (Lipinski definition) is 1. The first-order valence-corrected chi connectivity index (χ1v) is 9.25. The van der Waals surface area contributed by atoms with Gasteiger partial charge in [0.1, 0.15) is 5.82 Å². The highest BCUT2D eigenvalue weighted by atomic mass is 19.1. The second-order valence-electron chi connectivity index (χ2n) is 6.77. The number of hydrogen-bond acceptors (Lipinski definition) is 5. The second-order valence-corrected chi connectivity index (χ2v) is 6.77. The Balaban J connectivity index is 1.43. The first-order chi connectivity index (χ1) is 13.7. The van der Waals surface area contributed by atoms with Crippen LogP contribution in [0.25, 0.3) is 11.3 Å². The van der Waals surface area contributed by atoms with E-state index in [-0.39, 0.29) is 17.5 Å². The molecule has 6 nitrogen and oxygen atoms in total. The van der Waals surface area contributed by atoms with E-state index in [4.69, 9.17) is 0 Å². The lowest BCUT2D eigenvalue weighted by Crippen LogP contribution is -2.41. The molecule has 2 aromatic heterocycles. The van der Waals surface area contributed by atoms with E-state index in [1.165, 1.54) is 6.07 Å². The fourth-order valence-electron chi connectivity index (χ4n) is 3.36. The number of piperidine rings is 1. The smallest absolute Gasteiger partial charge is 0.229 e. The maximum absolute atomic E-state index is 13.8. The van der Waals surface area contributed by atoms with Crippen LogP contribution >= 0.6 is 0 Å². The lowest BCUT2D eigenvalue weighted by atomic mass is 9.97. The number of aromatic nitrogens is 3. The van der Waals surface area contributed by atoms with Crippen LogP contribution in [0.5, 0.6) is 0 Å². The largest absolute Gasteiger partial charge is 0.354 e. The second kappa shape index (κ2) is 8.12. The minimum Gasteiger partial charge on any atom is -0.354 e. The van der Waals surface area contributed by atoms with Gasteiger partial charge in [0.25, 0.3) is 0 Å². The van der Waals surface area contributed by atoms with Crippen molar-refractivity contribution in [2.75, 3.05) is 23.3 Å². The number of para-hydroxylation sites is 1. The number of halogens is 1. The van der Waals surface area contributed by atoms with E-state index in [0.717, 1.165) is 36.5 Å². The molecule has 1 fully saturated rings. The van der Waals surface area contributed by atoms with Gasteiger partial charge in [-0.25, -0.2) is 4.39 Å². The predicted molar refractivity (Wildman–Crippen MR) is 105 cm³/mol. The molecule has 4 rings (SSSR count). The summed E-state index contributed by atoms with van der Waals surface area (Å²) in [6, 6.07) is 13.8. The summed E-state index contributed by atoms with van der Waals surface area (Å²) in [7, 11) is 0.